The second-order valence-corrected chi connectivity index (χ2v) is 3.95. The zero-order chi connectivity index (χ0) is 10.4. The van der Waals surface area contributed by atoms with Crippen LogP contribution in [0.2, 0.25) is 0 Å². The van der Waals surface area contributed by atoms with Crippen molar-refractivity contribution in [3.63, 3.8) is 0 Å². The molecular weight excluding hydrogens is 196 g/mol. The van der Waals surface area contributed by atoms with E-state index >= 15 is 0 Å². The Morgan fingerprint density at radius 1 is 1.50 bits per heavy atom. The molecular formula is C10H16N2OS. The van der Waals surface area contributed by atoms with Crippen molar-refractivity contribution in [2.24, 2.45) is 5.92 Å². The third kappa shape index (κ3) is 4.28. The first-order valence-electron chi connectivity index (χ1n) is 4.72. The summed E-state index contributed by atoms with van der Waals surface area (Å²) in [5.74, 6) is 1.48. The lowest BCUT2D eigenvalue weighted by atomic mass is 10.2. The van der Waals surface area contributed by atoms with Crippen molar-refractivity contribution in [2.45, 2.75) is 20.4 Å². The van der Waals surface area contributed by atoms with Gasteiger partial charge in [-0.2, -0.15) is 0 Å². The van der Waals surface area contributed by atoms with E-state index in [-0.39, 0.29) is 0 Å². The predicted molar refractivity (Wildman–Crippen MR) is 61.0 cm³/mol. The van der Waals surface area contributed by atoms with E-state index in [4.69, 9.17) is 16.6 Å². The molecule has 0 aliphatic carbocycles. The van der Waals surface area contributed by atoms with E-state index in [9.17, 15) is 0 Å². The summed E-state index contributed by atoms with van der Waals surface area (Å²) >= 11 is 5.08. The molecule has 0 atom stereocenters. The average molecular weight is 212 g/mol. The van der Waals surface area contributed by atoms with Gasteiger partial charge in [-0.25, -0.2) is 0 Å². The van der Waals surface area contributed by atoms with E-state index in [1.54, 1.807) is 6.26 Å². The van der Waals surface area contributed by atoms with Crippen LogP contribution in [-0.4, -0.2) is 11.7 Å². The van der Waals surface area contributed by atoms with Gasteiger partial charge in [0.15, 0.2) is 5.11 Å². The van der Waals surface area contributed by atoms with Crippen molar-refractivity contribution in [3.05, 3.63) is 24.2 Å². The SMILES string of the molecule is CC(C)CNC(=S)NCc1ccco1. The van der Waals surface area contributed by atoms with Crippen LogP contribution in [0.25, 0.3) is 0 Å². The lowest BCUT2D eigenvalue weighted by Crippen LogP contribution is -2.36. The Morgan fingerprint density at radius 3 is 2.86 bits per heavy atom. The number of rotatable bonds is 4. The first-order valence-corrected chi connectivity index (χ1v) is 5.13. The Balaban J connectivity index is 2.15. The third-order valence-corrected chi connectivity index (χ3v) is 1.96. The largest absolute Gasteiger partial charge is 0.467 e. The van der Waals surface area contributed by atoms with Gasteiger partial charge in [-0.05, 0) is 30.3 Å². The van der Waals surface area contributed by atoms with Gasteiger partial charge in [0.1, 0.15) is 5.76 Å². The molecule has 0 fully saturated rings. The van der Waals surface area contributed by atoms with Crippen LogP contribution in [0, 0.1) is 5.92 Å². The molecule has 0 saturated heterocycles. The maximum Gasteiger partial charge on any atom is 0.166 e. The summed E-state index contributed by atoms with van der Waals surface area (Å²) in [6, 6.07) is 3.78. The normalized spacial score (nSPS) is 10.2. The number of hydrogen-bond donors (Lipinski definition) is 2. The number of furan rings is 1. The molecule has 78 valence electrons. The Labute approximate surface area is 89.9 Å². The van der Waals surface area contributed by atoms with Crippen LogP contribution in [0.3, 0.4) is 0 Å². The molecule has 3 nitrogen and oxygen atoms in total. The summed E-state index contributed by atoms with van der Waals surface area (Å²) in [6.45, 7) is 5.81. The summed E-state index contributed by atoms with van der Waals surface area (Å²) in [5, 5.41) is 6.87. The zero-order valence-corrected chi connectivity index (χ0v) is 9.36. The lowest BCUT2D eigenvalue weighted by molar-refractivity contribution is 0.501. The molecule has 0 spiro atoms. The monoisotopic (exact) mass is 212 g/mol. The van der Waals surface area contributed by atoms with Crippen molar-refractivity contribution < 1.29 is 4.42 Å². The van der Waals surface area contributed by atoms with Crippen LogP contribution in [0.1, 0.15) is 19.6 Å². The molecule has 1 aromatic rings. The zero-order valence-electron chi connectivity index (χ0n) is 8.54. The van der Waals surface area contributed by atoms with E-state index in [2.05, 4.69) is 24.5 Å². The van der Waals surface area contributed by atoms with Crippen LogP contribution < -0.4 is 10.6 Å². The fourth-order valence-corrected chi connectivity index (χ4v) is 1.10. The van der Waals surface area contributed by atoms with Gasteiger partial charge in [0.2, 0.25) is 0 Å². The lowest BCUT2D eigenvalue weighted by Gasteiger charge is -2.10. The van der Waals surface area contributed by atoms with Crippen molar-refractivity contribution >= 4 is 17.3 Å². The molecule has 4 heteroatoms. The van der Waals surface area contributed by atoms with Gasteiger partial charge in [-0.3, -0.25) is 0 Å². The molecule has 2 N–H and O–H groups in total. The van der Waals surface area contributed by atoms with Crippen LogP contribution in [0.15, 0.2) is 22.8 Å². The number of nitrogens with one attached hydrogen (secondary N) is 2. The van der Waals surface area contributed by atoms with Gasteiger partial charge in [-0.1, -0.05) is 13.8 Å². The highest BCUT2D eigenvalue weighted by molar-refractivity contribution is 7.80. The van der Waals surface area contributed by atoms with Crippen molar-refractivity contribution in [1.82, 2.24) is 10.6 Å². The average Bonchev–Trinajstić information content (AvgIpc) is 2.63. The minimum atomic E-state index is 0.596. The number of hydrogen-bond acceptors (Lipinski definition) is 2. The Bertz CT molecular complexity index is 270. The molecule has 0 aromatic carbocycles. The Morgan fingerprint density at radius 2 is 2.29 bits per heavy atom. The molecule has 0 bridgehead atoms. The summed E-state index contributed by atoms with van der Waals surface area (Å²) in [5.41, 5.74) is 0. The van der Waals surface area contributed by atoms with E-state index < -0.39 is 0 Å². The summed E-state index contributed by atoms with van der Waals surface area (Å²) in [6.07, 6.45) is 1.65. The molecule has 0 radical (unpaired) electrons. The maximum absolute atomic E-state index is 5.16. The van der Waals surface area contributed by atoms with Gasteiger partial charge < -0.3 is 15.1 Å². The summed E-state index contributed by atoms with van der Waals surface area (Å²) in [4.78, 5) is 0. The number of thiocarbonyl (C=S) groups is 1. The Kier molecular flexibility index (Phi) is 4.46. The van der Waals surface area contributed by atoms with Crippen LogP contribution >= 0.6 is 12.2 Å². The first-order chi connectivity index (χ1) is 6.68. The van der Waals surface area contributed by atoms with Crippen molar-refractivity contribution in [1.29, 1.82) is 0 Å². The minimum absolute atomic E-state index is 0.596. The van der Waals surface area contributed by atoms with Crippen molar-refractivity contribution in [2.75, 3.05) is 6.54 Å². The highest BCUT2D eigenvalue weighted by atomic mass is 32.1. The predicted octanol–water partition coefficient (Wildman–Crippen LogP) is 1.90. The van der Waals surface area contributed by atoms with E-state index in [0.717, 1.165) is 12.3 Å². The Hall–Kier alpha value is -1.03. The van der Waals surface area contributed by atoms with Gasteiger partial charge in [0, 0.05) is 6.54 Å². The van der Waals surface area contributed by atoms with Crippen LogP contribution in [0.4, 0.5) is 0 Å². The topological polar surface area (TPSA) is 37.2 Å². The van der Waals surface area contributed by atoms with E-state index in [1.807, 2.05) is 12.1 Å². The van der Waals surface area contributed by atoms with Gasteiger partial charge in [0.25, 0.3) is 0 Å². The molecule has 0 aliphatic heterocycles. The fourth-order valence-electron chi connectivity index (χ4n) is 0.940. The van der Waals surface area contributed by atoms with E-state index in [1.165, 1.54) is 0 Å². The van der Waals surface area contributed by atoms with Crippen molar-refractivity contribution in [3.8, 4) is 0 Å². The maximum atomic E-state index is 5.16. The molecule has 1 aromatic heterocycles. The summed E-state index contributed by atoms with van der Waals surface area (Å²) in [7, 11) is 0. The van der Waals surface area contributed by atoms with Gasteiger partial charge >= 0.3 is 0 Å². The molecule has 14 heavy (non-hydrogen) atoms. The van der Waals surface area contributed by atoms with Gasteiger partial charge in [0.05, 0.1) is 12.8 Å². The van der Waals surface area contributed by atoms with E-state index in [0.29, 0.717) is 17.6 Å². The third-order valence-electron chi connectivity index (χ3n) is 1.67. The summed E-state index contributed by atoms with van der Waals surface area (Å²) < 4.78 is 5.16. The molecule has 0 saturated carbocycles. The second kappa shape index (κ2) is 5.65. The van der Waals surface area contributed by atoms with Gasteiger partial charge in [-0.15, -0.1) is 0 Å². The smallest absolute Gasteiger partial charge is 0.166 e. The highest BCUT2D eigenvalue weighted by Gasteiger charge is 1.98. The highest BCUT2D eigenvalue weighted by Crippen LogP contribution is 1.98. The standard InChI is InChI=1S/C10H16N2OS/c1-8(2)6-11-10(14)12-7-9-4-3-5-13-9/h3-5,8H,6-7H2,1-2H3,(H2,11,12,14). The molecule has 0 aliphatic rings. The van der Waals surface area contributed by atoms with Crippen LogP contribution in [-0.2, 0) is 6.54 Å². The molecule has 1 rings (SSSR count). The molecule has 1 heterocycles. The fraction of sp³-hybridized carbons (Fsp3) is 0.500. The minimum Gasteiger partial charge on any atom is -0.467 e. The van der Waals surface area contributed by atoms with Crippen LogP contribution in [0.5, 0.6) is 0 Å². The first kappa shape index (κ1) is 11.0. The molecule has 0 amide bonds. The quantitative estimate of drug-likeness (QED) is 0.748. The second-order valence-electron chi connectivity index (χ2n) is 3.54. The molecule has 0 unspecified atom stereocenters.